The average Bonchev–Trinajstić information content (AvgIpc) is 3.46. The molecule has 0 atom stereocenters. The van der Waals surface area contributed by atoms with Crippen molar-refractivity contribution >= 4 is 46.4 Å². The van der Waals surface area contributed by atoms with Gasteiger partial charge in [-0.15, -0.1) is 0 Å². The van der Waals surface area contributed by atoms with Crippen LogP contribution in [0.2, 0.25) is 10.0 Å². The maximum absolute atomic E-state index is 12.7. The number of halogens is 2. The molecule has 4 aromatic rings. The van der Waals surface area contributed by atoms with Crippen molar-refractivity contribution in [2.24, 2.45) is 0 Å². The van der Waals surface area contributed by atoms with Gasteiger partial charge >= 0.3 is 5.95 Å². The van der Waals surface area contributed by atoms with Crippen molar-refractivity contribution in [2.45, 2.75) is 6.67 Å². The van der Waals surface area contributed by atoms with E-state index in [1.54, 1.807) is 0 Å². The molecular formula is C19H12Cl2N8O6. The molecule has 0 saturated heterocycles. The summed E-state index contributed by atoms with van der Waals surface area (Å²) in [6.07, 6.45) is 2.60. The zero-order chi connectivity index (χ0) is 25.1. The van der Waals surface area contributed by atoms with Gasteiger partial charge < -0.3 is 20.2 Å². The first-order valence-electron chi connectivity index (χ1n) is 9.49. The Morgan fingerprint density at radius 2 is 1.83 bits per heavy atom. The number of anilines is 1. The number of nitrogens with zero attached hydrogens (tertiary/aromatic N) is 7. The highest BCUT2D eigenvalue weighted by molar-refractivity contribution is 6.35. The maximum Gasteiger partial charge on any atom is 0.491 e. The maximum atomic E-state index is 12.7. The second kappa shape index (κ2) is 9.74. The number of amides is 1. The van der Waals surface area contributed by atoms with E-state index >= 15 is 0 Å². The Kier molecular flexibility index (Phi) is 6.57. The zero-order valence-corrected chi connectivity index (χ0v) is 18.8. The summed E-state index contributed by atoms with van der Waals surface area (Å²) in [5.74, 6) is -0.971. The van der Waals surface area contributed by atoms with Gasteiger partial charge in [0.05, 0.1) is 21.7 Å². The molecule has 14 nitrogen and oxygen atoms in total. The number of nitro benzene ring substituents is 1. The Bertz CT molecular complexity index is 1450. The number of benzene rings is 2. The summed E-state index contributed by atoms with van der Waals surface area (Å²) in [6.45, 7) is -0.0369. The molecule has 0 radical (unpaired) electrons. The van der Waals surface area contributed by atoms with Crippen molar-refractivity contribution < 1.29 is 19.4 Å². The molecule has 0 aliphatic rings. The van der Waals surface area contributed by atoms with Crippen LogP contribution < -0.4 is 10.1 Å². The number of rotatable bonds is 8. The number of carbonyl (C=O) groups excluding carboxylic acids is 1. The van der Waals surface area contributed by atoms with Crippen molar-refractivity contribution in [2.75, 3.05) is 5.32 Å². The number of ether oxygens (including phenoxy) is 1. The normalized spacial score (nSPS) is 10.7. The van der Waals surface area contributed by atoms with E-state index in [1.807, 2.05) is 0 Å². The van der Waals surface area contributed by atoms with Crippen LogP contribution in [0.25, 0.3) is 0 Å². The van der Waals surface area contributed by atoms with Crippen LogP contribution >= 0.6 is 23.2 Å². The van der Waals surface area contributed by atoms with Crippen LogP contribution in [0.1, 0.15) is 10.5 Å². The third-order valence-electron chi connectivity index (χ3n) is 4.33. The molecule has 1 amide bonds. The van der Waals surface area contributed by atoms with Crippen LogP contribution in [0.3, 0.4) is 0 Å². The minimum Gasteiger partial charge on any atom is -0.455 e. The first-order valence-corrected chi connectivity index (χ1v) is 10.2. The third-order valence-corrected chi connectivity index (χ3v) is 4.86. The molecule has 2 aromatic heterocycles. The van der Waals surface area contributed by atoms with Crippen LogP contribution in [-0.4, -0.2) is 40.3 Å². The fraction of sp³-hybridized carbons (Fsp3) is 0.0526. The van der Waals surface area contributed by atoms with Gasteiger partial charge in [-0.1, -0.05) is 28.2 Å². The van der Waals surface area contributed by atoms with Crippen molar-refractivity contribution in [3.8, 4) is 11.5 Å². The SMILES string of the molecule is O=C(Nc1cc(Oc2ccc(Cl)cc2Cl)cc([N+](=O)[O-])c1)c1ccn(Cn2cnc([N+](=O)[O-])n2)n1. The quantitative estimate of drug-likeness (QED) is 0.265. The molecular weight excluding hydrogens is 507 g/mol. The lowest BCUT2D eigenvalue weighted by Crippen LogP contribution is -2.15. The van der Waals surface area contributed by atoms with E-state index in [9.17, 15) is 25.0 Å². The molecule has 0 spiro atoms. The number of hydrogen-bond donors (Lipinski definition) is 1. The van der Waals surface area contributed by atoms with Crippen molar-refractivity contribution in [3.05, 3.63) is 91.0 Å². The fourth-order valence-corrected chi connectivity index (χ4v) is 3.29. The Morgan fingerprint density at radius 1 is 1.03 bits per heavy atom. The molecule has 0 saturated carbocycles. The molecule has 0 unspecified atom stereocenters. The topological polar surface area (TPSA) is 173 Å². The van der Waals surface area contributed by atoms with Gasteiger partial charge in [0.2, 0.25) is 6.33 Å². The molecule has 2 aromatic carbocycles. The summed E-state index contributed by atoms with van der Waals surface area (Å²) >= 11 is 12.0. The van der Waals surface area contributed by atoms with Gasteiger partial charge in [-0.3, -0.25) is 14.9 Å². The molecule has 0 aliphatic heterocycles. The second-order valence-corrected chi connectivity index (χ2v) is 7.67. The largest absolute Gasteiger partial charge is 0.491 e. The standard InChI is InChI=1S/C19H12Cl2N8O6/c20-11-1-2-17(15(21)5-11)35-14-7-12(6-13(8-14)28(31)32)23-18(30)16-3-4-26(24-16)10-27-9-22-19(25-27)29(33)34/h1-9H,10H2,(H,23,30). The number of hydrogen-bond acceptors (Lipinski definition) is 9. The van der Waals surface area contributed by atoms with Gasteiger partial charge in [0.15, 0.2) is 12.4 Å². The summed E-state index contributed by atoms with van der Waals surface area (Å²) in [6, 6.07) is 9.58. The molecule has 178 valence electrons. The molecule has 0 fully saturated rings. The molecule has 4 rings (SSSR count). The van der Waals surface area contributed by atoms with Crippen molar-refractivity contribution in [1.82, 2.24) is 24.5 Å². The summed E-state index contributed by atoms with van der Waals surface area (Å²) in [4.78, 5) is 36.9. The third kappa shape index (κ3) is 5.69. The molecule has 2 heterocycles. The van der Waals surface area contributed by atoms with Gasteiger partial charge in [-0.05, 0) is 29.2 Å². The van der Waals surface area contributed by atoms with Crippen LogP contribution in [-0.2, 0) is 6.67 Å². The lowest BCUT2D eigenvalue weighted by atomic mass is 10.2. The number of carbonyl (C=O) groups is 1. The zero-order valence-electron chi connectivity index (χ0n) is 17.2. The smallest absolute Gasteiger partial charge is 0.455 e. The van der Waals surface area contributed by atoms with E-state index in [2.05, 4.69) is 20.5 Å². The Labute approximate surface area is 205 Å². The predicted octanol–water partition coefficient (Wildman–Crippen LogP) is 4.15. The highest BCUT2D eigenvalue weighted by Gasteiger charge is 2.17. The van der Waals surface area contributed by atoms with Crippen LogP contribution in [0, 0.1) is 20.2 Å². The Morgan fingerprint density at radius 3 is 2.51 bits per heavy atom. The number of nitrogens with one attached hydrogen (secondary N) is 1. The van der Waals surface area contributed by atoms with Crippen LogP contribution in [0.15, 0.2) is 55.0 Å². The summed E-state index contributed by atoms with van der Waals surface area (Å²) in [5, 5.41) is 32.9. The number of nitro groups is 2. The summed E-state index contributed by atoms with van der Waals surface area (Å²) in [7, 11) is 0. The molecule has 35 heavy (non-hydrogen) atoms. The van der Waals surface area contributed by atoms with Crippen molar-refractivity contribution in [3.63, 3.8) is 0 Å². The van der Waals surface area contributed by atoms with Gasteiger partial charge in [0.1, 0.15) is 11.5 Å². The minimum atomic E-state index is -0.740. The summed E-state index contributed by atoms with van der Waals surface area (Å²) < 4.78 is 8.11. The second-order valence-electron chi connectivity index (χ2n) is 6.83. The molecule has 0 aliphatic carbocycles. The first kappa shape index (κ1) is 23.6. The van der Waals surface area contributed by atoms with Gasteiger partial charge in [-0.2, -0.15) is 9.78 Å². The van der Waals surface area contributed by atoms with E-state index < -0.39 is 21.7 Å². The van der Waals surface area contributed by atoms with Crippen LogP contribution in [0.5, 0.6) is 11.5 Å². The van der Waals surface area contributed by atoms with E-state index in [0.717, 1.165) is 12.4 Å². The number of non-ortho nitro benzene ring substituents is 1. The Hall–Kier alpha value is -4.56. The highest BCUT2D eigenvalue weighted by atomic mass is 35.5. The van der Waals surface area contributed by atoms with E-state index in [0.29, 0.717) is 5.02 Å². The number of aromatic nitrogens is 5. The van der Waals surface area contributed by atoms with Gasteiger partial charge in [0.25, 0.3) is 11.6 Å². The van der Waals surface area contributed by atoms with E-state index in [-0.39, 0.29) is 40.3 Å². The molecule has 1 N–H and O–H groups in total. The lowest BCUT2D eigenvalue weighted by molar-refractivity contribution is -0.394. The summed E-state index contributed by atoms with van der Waals surface area (Å²) in [5.41, 5.74) is -0.277. The average molecular weight is 519 g/mol. The van der Waals surface area contributed by atoms with Gasteiger partial charge in [-0.25, -0.2) is 4.68 Å². The minimum absolute atomic E-state index is 0.0191. The lowest BCUT2D eigenvalue weighted by Gasteiger charge is -2.10. The fourth-order valence-electron chi connectivity index (χ4n) is 2.85. The van der Waals surface area contributed by atoms with E-state index in [1.165, 1.54) is 52.0 Å². The molecule has 16 heteroatoms. The predicted molar refractivity (Wildman–Crippen MR) is 122 cm³/mol. The molecule has 0 bridgehead atoms. The van der Waals surface area contributed by atoms with Crippen molar-refractivity contribution in [1.29, 1.82) is 0 Å². The van der Waals surface area contributed by atoms with Gasteiger partial charge in [0, 0.05) is 28.5 Å². The highest BCUT2D eigenvalue weighted by Crippen LogP contribution is 2.34. The van der Waals surface area contributed by atoms with Crippen LogP contribution in [0.4, 0.5) is 17.3 Å². The van der Waals surface area contributed by atoms with E-state index in [4.69, 9.17) is 27.9 Å². The monoisotopic (exact) mass is 518 g/mol. The first-order chi connectivity index (χ1) is 16.7. The Balaban J connectivity index is 1.51.